The van der Waals surface area contributed by atoms with Gasteiger partial charge in [0.15, 0.2) is 0 Å². The highest BCUT2D eigenvalue weighted by Crippen LogP contribution is 2.33. The van der Waals surface area contributed by atoms with Crippen LogP contribution < -0.4 is 5.32 Å². The normalized spacial score (nSPS) is 18.0. The van der Waals surface area contributed by atoms with E-state index in [9.17, 15) is 4.79 Å². The van der Waals surface area contributed by atoms with Crippen molar-refractivity contribution in [1.29, 1.82) is 0 Å². The maximum Gasteiger partial charge on any atom is 0.248 e. The average molecular weight is 327 g/mol. The first-order chi connectivity index (χ1) is 11.5. The van der Waals surface area contributed by atoms with E-state index in [0.29, 0.717) is 5.69 Å². The van der Waals surface area contributed by atoms with Crippen molar-refractivity contribution in [2.24, 2.45) is 0 Å². The van der Waals surface area contributed by atoms with E-state index < -0.39 is 0 Å². The van der Waals surface area contributed by atoms with Gasteiger partial charge in [-0.05, 0) is 39.8 Å². The van der Waals surface area contributed by atoms with Crippen molar-refractivity contribution in [2.75, 3.05) is 11.9 Å². The van der Waals surface area contributed by atoms with E-state index in [1.165, 1.54) is 0 Å². The summed E-state index contributed by atoms with van der Waals surface area (Å²) in [5.41, 5.74) is 2.77. The predicted octanol–water partition coefficient (Wildman–Crippen LogP) is 2.81. The molecule has 3 heterocycles. The fourth-order valence-electron chi connectivity index (χ4n) is 3.31. The van der Waals surface area contributed by atoms with Crippen LogP contribution >= 0.6 is 0 Å². The predicted molar refractivity (Wildman–Crippen MR) is 93.8 cm³/mol. The van der Waals surface area contributed by atoms with Gasteiger partial charge in [-0.25, -0.2) is 4.98 Å². The molecule has 0 radical (unpaired) electrons. The van der Waals surface area contributed by atoms with Crippen molar-refractivity contribution in [3.8, 4) is 0 Å². The molecule has 0 saturated carbocycles. The Labute approximate surface area is 142 Å². The molecule has 6 heteroatoms. The zero-order valence-corrected chi connectivity index (χ0v) is 14.7. The first kappa shape index (κ1) is 16.6. The minimum atomic E-state index is -0.334. The molecule has 0 aliphatic carbocycles. The van der Waals surface area contributed by atoms with Crippen molar-refractivity contribution >= 4 is 11.6 Å². The molecule has 1 aliphatic rings. The van der Waals surface area contributed by atoms with E-state index in [4.69, 9.17) is 0 Å². The minimum Gasteiger partial charge on any atom is -0.330 e. The quantitative estimate of drug-likeness (QED) is 0.938. The minimum absolute atomic E-state index is 0.0277. The number of aromatic nitrogens is 3. The fraction of sp³-hybridized carbons (Fsp3) is 0.500. The van der Waals surface area contributed by atoms with Gasteiger partial charge in [-0.15, -0.1) is 0 Å². The second kappa shape index (κ2) is 6.73. The molecule has 1 amide bonds. The summed E-state index contributed by atoms with van der Waals surface area (Å²) in [5, 5.41) is 3.01. The van der Waals surface area contributed by atoms with Gasteiger partial charge >= 0.3 is 0 Å². The summed E-state index contributed by atoms with van der Waals surface area (Å²) in [5.74, 6) is -0.0277. The lowest BCUT2D eigenvalue weighted by molar-refractivity contribution is -0.123. The van der Waals surface area contributed by atoms with Gasteiger partial charge < -0.3 is 9.88 Å². The number of carbonyl (C=O) groups is 1. The third-order valence-electron chi connectivity index (χ3n) is 4.51. The van der Waals surface area contributed by atoms with Gasteiger partial charge in [0.2, 0.25) is 5.91 Å². The highest BCUT2D eigenvalue weighted by molar-refractivity contribution is 5.95. The number of nitrogens with one attached hydrogen (secondary N) is 1. The second-order valence-electron chi connectivity index (χ2n) is 6.79. The summed E-state index contributed by atoms with van der Waals surface area (Å²) in [4.78, 5) is 24.0. The van der Waals surface area contributed by atoms with Crippen LogP contribution in [0.5, 0.6) is 0 Å². The molecule has 2 aromatic rings. The van der Waals surface area contributed by atoms with E-state index in [2.05, 4.69) is 52.4 Å². The molecule has 6 nitrogen and oxygen atoms in total. The molecule has 0 saturated heterocycles. The van der Waals surface area contributed by atoms with Gasteiger partial charge in [0.1, 0.15) is 6.04 Å². The van der Waals surface area contributed by atoms with Gasteiger partial charge in [-0.2, -0.15) is 0 Å². The molecule has 0 aromatic carbocycles. The number of hydrogen-bond acceptors (Lipinski definition) is 4. The van der Waals surface area contributed by atoms with E-state index in [0.717, 1.165) is 24.4 Å². The number of pyridine rings is 1. The molecule has 2 aromatic heterocycles. The van der Waals surface area contributed by atoms with Crippen molar-refractivity contribution in [3.05, 3.63) is 42.2 Å². The SMILES string of the molecule is CC(C)N1CCc2ncn(C(C)C)c2C1C(=O)Nc1cccnc1. The first-order valence-corrected chi connectivity index (χ1v) is 8.51. The molecule has 3 rings (SSSR count). The van der Waals surface area contributed by atoms with Crippen LogP contribution in [-0.2, 0) is 11.2 Å². The van der Waals surface area contributed by atoms with Crippen molar-refractivity contribution in [3.63, 3.8) is 0 Å². The fourth-order valence-corrected chi connectivity index (χ4v) is 3.31. The number of imidazole rings is 1. The molecule has 0 spiro atoms. The third kappa shape index (κ3) is 3.06. The molecule has 1 unspecified atom stereocenters. The van der Waals surface area contributed by atoms with E-state index >= 15 is 0 Å². The van der Waals surface area contributed by atoms with Crippen LogP contribution in [0.25, 0.3) is 0 Å². The molecule has 1 aliphatic heterocycles. The Morgan fingerprint density at radius 3 is 2.71 bits per heavy atom. The Balaban J connectivity index is 1.98. The molecule has 0 bridgehead atoms. The maximum absolute atomic E-state index is 13.1. The Morgan fingerprint density at radius 1 is 1.29 bits per heavy atom. The van der Waals surface area contributed by atoms with Crippen molar-refractivity contribution in [2.45, 2.75) is 52.2 Å². The molecule has 1 atom stereocenters. The Morgan fingerprint density at radius 2 is 2.08 bits per heavy atom. The largest absolute Gasteiger partial charge is 0.330 e. The van der Waals surface area contributed by atoms with Crippen LogP contribution in [0, 0.1) is 0 Å². The van der Waals surface area contributed by atoms with E-state index in [-0.39, 0.29) is 24.0 Å². The molecule has 128 valence electrons. The van der Waals surface area contributed by atoms with Crippen molar-refractivity contribution < 1.29 is 4.79 Å². The Kier molecular flexibility index (Phi) is 4.66. The maximum atomic E-state index is 13.1. The van der Waals surface area contributed by atoms with Crippen LogP contribution in [-0.4, -0.2) is 37.9 Å². The van der Waals surface area contributed by atoms with Gasteiger partial charge in [-0.1, -0.05) is 0 Å². The van der Waals surface area contributed by atoms with Crippen LogP contribution in [0.3, 0.4) is 0 Å². The number of hydrogen-bond donors (Lipinski definition) is 1. The van der Waals surface area contributed by atoms with Crippen LogP contribution in [0.1, 0.15) is 51.2 Å². The standard InChI is InChI=1S/C18H25N5O/c1-12(2)22-9-7-15-16(23(11-20-15)13(3)4)17(22)18(24)21-14-6-5-8-19-10-14/h5-6,8,10-13,17H,7,9H2,1-4H3,(H,21,24). The molecular formula is C18H25N5O. The number of fused-ring (bicyclic) bond motifs is 1. The smallest absolute Gasteiger partial charge is 0.248 e. The summed E-state index contributed by atoms with van der Waals surface area (Å²) >= 11 is 0. The lowest BCUT2D eigenvalue weighted by atomic mass is 9.99. The Hall–Kier alpha value is -2.21. The Bertz CT molecular complexity index is 707. The first-order valence-electron chi connectivity index (χ1n) is 8.51. The van der Waals surface area contributed by atoms with Crippen LogP contribution in [0.4, 0.5) is 5.69 Å². The summed E-state index contributed by atoms with van der Waals surface area (Å²) in [6, 6.07) is 3.88. The molecular weight excluding hydrogens is 302 g/mol. The summed E-state index contributed by atoms with van der Waals surface area (Å²) in [6.45, 7) is 9.33. The summed E-state index contributed by atoms with van der Waals surface area (Å²) in [6.07, 6.45) is 6.11. The van der Waals surface area contributed by atoms with Crippen LogP contribution in [0.2, 0.25) is 0 Å². The van der Waals surface area contributed by atoms with Gasteiger partial charge in [0, 0.05) is 31.2 Å². The monoisotopic (exact) mass is 327 g/mol. The lowest BCUT2D eigenvalue weighted by Crippen LogP contribution is -2.46. The summed E-state index contributed by atoms with van der Waals surface area (Å²) < 4.78 is 2.12. The molecule has 24 heavy (non-hydrogen) atoms. The van der Waals surface area contributed by atoms with Gasteiger partial charge in [-0.3, -0.25) is 14.7 Å². The topological polar surface area (TPSA) is 63.1 Å². The number of amides is 1. The van der Waals surface area contributed by atoms with Gasteiger partial charge in [0.25, 0.3) is 0 Å². The van der Waals surface area contributed by atoms with Crippen LogP contribution in [0.15, 0.2) is 30.9 Å². The number of rotatable bonds is 4. The van der Waals surface area contributed by atoms with Crippen molar-refractivity contribution in [1.82, 2.24) is 19.4 Å². The van der Waals surface area contributed by atoms with E-state index in [1.807, 2.05) is 18.5 Å². The van der Waals surface area contributed by atoms with E-state index in [1.54, 1.807) is 12.4 Å². The zero-order chi connectivity index (χ0) is 17.3. The average Bonchev–Trinajstić information content (AvgIpc) is 2.98. The third-order valence-corrected chi connectivity index (χ3v) is 4.51. The number of anilines is 1. The molecule has 1 N–H and O–H groups in total. The second-order valence-corrected chi connectivity index (χ2v) is 6.79. The lowest BCUT2D eigenvalue weighted by Gasteiger charge is -2.38. The number of carbonyl (C=O) groups excluding carboxylic acids is 1. The molecule has 0 fully saturated rings. The highest BCUT2D eigenvalue weighted by atomic mass is 16.2. The van der Waals surface area contributed by atoms with Gasteiger partial charge in [0.05, 0.1) is 29.6 Å². The zero-order valence-electron chi connectivity index (χ0n) is 14.7. The number of nitrogens with zero attached hydrogens (tertiary/aromatic N) is 4. The summed E-state index contributed by atoms with van der Waals surface area (Å²) in [7, 11) is 0. The highest BCUT2D eigenvalue weighted by Gasteiger charge is 2.38.